The number of hydrogen-bond acceptors (Lipinski definition) is 4. The molecule has 20 heavy (non-hydrogen) atoms. The van der Waals surface area contributed by atoms with Gasteiger partial charge in [0.05, 0.1) is 6.61 Å². The number of hydrogen-bond donors (Lipinski definition) is 3. The van der Waals surface area contributed by atoms with E-state index < -0.39 is 0 Å². The Hall–Kier alpha value is -0.910. The Morgan fingerprint density at radius 1 is 1.05 bits per heavy atom. The fraction of sp³-hybridized carbons (Fsp3) is 0.857. The van der Waals surface area contributed by atoms with Crippen LogP contribution in [-0.2, 0) is 4.74 Å². The summed E-state index contributed by atoms with van der Waals surface area (Å²) in [5, 5.41) is 9.84. The van der Waals surface area contributed by atoms with Crippen molar-refractivity contribution >= 4 is 24.0 Å². The number of urea groups is 1. The number of unbranched alkanes of at least 4 members (excludes halogenated alkanes) is 6. The number of rotatable bonds is 11. The highest BCUT2D eigenvalue weighted by molar-refractivity contribution is 7.97. The molecule has 0 rings (SSSR count). The van der Waals surface area contributed by atoms with Gasteiger partial charge in [0.1, 0.15) is 0 Å². The molecule has 2 amide bonds. The first-order valence-electron chi connectivity index (χ1n) is 7.60. The van der Waals surface area contributed by atoms with E-state index in [4.69, 9.17) is 10.1 Å². The molecule has 0 fully saturated rings. The summed E-state index contributed by atoms with van der Waals surface area (Å²) in [6.45, 7) is 4.79. The maximum atomic E-state index is 11.4. The van der Waals surface area contributed by atoms with Gasteiger partial charge >= 0.3 is 6.03 Å². The monoisotopic (exact) mass is 303 g/mol. The van der Waals surface area contributed by atoms with Crippen LogP contribution in [0.5, 0.6) is 0 Å². The van der Waals surface area contributed by atoms with E-state index in [1.165, 1.54) is 37.6 Å². The average molecular weight is 303 g/mol. The first kappa shape index (κ1) is 19.1. The smallest absolute Gasteiger partial charge is 0.332 e. The Bertz CT molecular complexity index is 263. The summed E-state index contributed by atoms with van der Waals surface area (Å²) in [6, 6.07) is -0.564. The molecule has 0 aliphatic carbocycles. The summed E-state index contributed by atoms with van der Waals surface area (Å²) >= 11 is 1.35. The number of amides is 2. The maximum absolute atomic E-state index is 11.4. The number of nitrogens with one attached hydrogen (secondary N) is 3. The topological polar surface area (TPSA) is 74.2 Å². The van der Waals surface area contributed by atoms with E-state index in [1.54, 1.807) is 0 Å². The highest BCUT2D eigenvalue weighted by Crippen LogP contribution is 2.04. The average Bonchev–Trinajstić information content (AvgIpc) is 2.42. The summed E-state index contributed by atoms with van der Waals surface area (Å²) in [7, 11) is 0. The van der Waals surface area contributed by atoms with Crippen molar-refractivity contribution in [3.05, 3.63) is 0 Å². The summed E-state index contributed by atoms with van der Waals surface area (Å²) < 4.78 is 7.77. The molecule has 0 bridgehead atoms. The van der Waals surface area contributed by atoms with E-state index in [-0.39, 0.29) is 12.1 Å². The van der Waals surface area contributed by atoms with Crippen LogP contribution in [0.4, 0.5) is 4.79 Å². The third-order valence-corrected chi connectivity index (χ3v) is 3.56. The number of ether oxygens (including phenoxy) is 1. The fourth-order valence-electron chi connectivity index (χ4n) is 1.55. The van der Waals surface area contributed by atoms with Gasteiger partial charge in [0.25, 0.3) is 6.02 Å². The lowest BCUT2D eigenvalue weighted by atomic mass is 10.1. The standard InChI is InChI=1S/C14H29N3O2S/c1-3-5-7-8-9-10-11-19-13(15)16-14(18)17-20-12-6-4-2/h3-12H2,1-2H3,(H3,15,16,17,18). The molecule has 0 aromatic heterocycles. The molecule has 0 atom stereocenters. The van der Waals surface area contributed by atoms with E-state index in [2.05, 4.69) is 23.9 Å². The minimum absolute atomic E-state index is 0.174. The van der Waals surface area contributed by atoms with Crippen LogP contribution in [0.25, 0.3) is 0 Å². The molecule has 0 aliphatic rings. The Balaban J connectivity index is 3.37. The van der Waals surface area contributed by atoms with Gasteiger partial charge in [-0.05, 0) is 24.8 Å². The van der Waals surface area contributed by atoms with Gasteiger partial charge in [0.2, 0.25) is 0 Å². The number of amidine groups is 1. The van der Waals surface area contributed by atoms with Crippen LogP contribution in [-0.4, -0.2) is 24.4 Å². The van der Waals surface area contributed by atoms with E-state index in [0.717, 1.165) is 31.4 Å². The first-order chi connectivity index (χ1) is 9.70. The lowest BCUT2D eigenvalue weighted by Gasteiger charge is -2.09. The molecule has 0 aromatic rings. The van der Waals surface area contributed by atoms with Crippen molar-refractivity contribution in [2.75, 3.05) is 12.4 Å². The predicted molar refractivity (Wildman–Crippen MR) is 86.1 cm³/mol. The Kier molecular flexibility index (Phi) is 13.8. The first-order valence-corrected chi connectivity index (χ1v) is 8.59. The molecule has 0 heterocycles. The molecule has 0 saturated carbocycles. The fourth-order valence-corrected chi connectivity index (χ4v) is 2.27. The van der Waals surface area contributed by atoms with Gasteiger partial charge in [-0.25, -0.2) is 4.79 Å². The molecule has 5 nitrogen and oxygen atoms in total. The van der Waals surface area contributed by atoms with Crippen LogP contribution in [0.2, 0.25) is 0 Å². The number of carbonyl (C=O) groups is 1. The molecule has 0 aromatic carbocycles. The van der Waals surface area contributed by atoms with E-state index in [9.17, 15) is 4.79 Å². The largest absolute Gasteiger partial charge is 0.465 e. The van der Waals surface area contributed by atoms with Crippen molar-refractivity contribution in [3.8, 4) is 0 Å². The highest BCUT2D eigenvalue weighted by Gasteiger charge is 2.04. The molecule has 0 unspecified atom stereocenters. The summed E-state index contributed by atoms with van der Waals surface area (Å²) in [4.78, 5) is 11.4. The molecule has 0 aliphatic heterocycles. The quantitative estimate of drug-likeness (QED) is 0.233. The molecule has 6 heteroatoms. The van der Waals surface area contributed by atoms with Gasteiger partial charge < -0.3 is 4.74 Å². The summed E-state index contributed by atoms with van der Waals surface area (Å²) in [5.74, 6) is 0.885. The van der Waals surface area contributed by atoms with Crippen LogP contribution in [0, 0.1) is 5.41 Å². The minimum atomic E-state index is -0.390. The second-order valence-corrected chi connectivity index (χ2v) is 5.60. The molecular formula is C14H29N3O2S. The second-order valence-electron chi connectivity index (χ2n) is 4.70. The van der Waals surface area contributed by atoms with Gasteiger partial charge in [-0.2, -0.15) is 0 Å². The molecule has 0 spiro atoms. The molecule has 118 valence electrons. The zero-order valence-corrected chi connectivity index (χ0v) is 13.6. The highest BCUT2D eigenvalue weighted by atomic mass is 32.2. The lowest BCUT2D eigenvalue weighted by Crippen LogP contribution is -2.37. The van der Waals surface area contributed by atoms with Crippen LogP contribution in [0.1, 0.15) is 65.2 Å². The van der Waals surface area contributed by atoms with Crippen molar-refractivity contribution in [1.82, 2.24) is 10.0 Å². The Morgan fingerprint density at radius 2 is 1.70 bits per heavy atom. The minimum Gasteiger partial charge on any atom is -0.465 e. The van der Waals surface area contributed by atoms with Gasteiger partial charge in [-0.1, -0.05) is 52.4 Å². The van der Waals surface area contributed by atoms with Gasteiger partial charge in [-0.3, -0.25) is 15.4 Å². The molecule has 0 radical (unpaired) electrons. The normalized spacial score (nSPS) is 10.1. The third kappa shape index (κ3) is 13.5. The summed E-state index contributed by atoms with van der Waals surface area (Å²) in [6.07, 6.45) is 9.23. The zero-order valence-electron chi connectivity index (χ0n) is 12.8. The second kappa shape index (κ2) is 14.5. The van der Waals surface area contributed by atoms with Crippen molar-refractivity contribution < 1.29 is 9.53 Å². The van der Waals surface area contributed by atoms with E-state index in [1.807, 2.05) is 0 Å². The zero-order chi connectivity index (χ0) is 15.1. The SMILES string of the molecule is CCCCCCCCOC(=N)NC(=O)NSCCCC. The van der Waals surface area contributed by atoms with Crippen LogP contribution >= 0.6 is 11.9 Å². The van der Waals surface area contributed by atoms with Crippen molar-refractivity contribution in [1.29, 1.82) is 5.41 Å². The van der Waals surface area contributed by atoms with Gasteiger partial charge in [-0.15, -0.1) is 0 Å². The van der Waals surface area contributed by atoms with Crippen molar-refractivity contribution in [2.45, 2.75) is 65.2 Å². The molecule has 0 saturated heterocycles. The lowest BCUT2D eigenvalue weighted by molar-refractivity contribution is 0.241. The molecule has 3 N–H and O–H groups in total. The van der Waals surface area contributed by atoms with E-state index >= 15 is 0 Å². The predicted octanol–water partition coefficient (Wildman–Crippen LogP) is 4.05. The van der Waals surface area contributed by atoms with Crippen molar-refractivity contribution in [2.24, 2.45) is 0 Å². The maximum Gasteiger partial charge on any atom is 0.332 e. The Morgan fingerprint density at radius 3 is 2.40 bits per heavy atom. The van der Waals surface area contributed by atoms with Crippen LogP contribution in [0.3, 0.4) is 0 Å². The Labute approximate surface area is 127 Å². The van der Waals surface area contributed by atoms with E-state index in [0.29, 0.717) is 6.61 Å². The van der Waals surface area contributed by atoms with Crippen molar-refractivity contribution in [3.63, 3.8) is 0 Å². The van der Waals surface area contributed by atoms with Gasteiger partial charge in [0, 0.05) is 5.75 Å². The van der Waals surface area contributed by atoms with Crippen LogP contribution in [0.15, 0.2) is 0 Å². The van der Waals surface area contributed by atoms with Gasteiger partial charge in [0.15, 0.2) is 0 Å². The number of carbonyl (C=O) groups excluding carboxylic acids is 1. The molecular weight excluding hydrogens is 274 g/mol. The third-order valence-electron chi connectivity index (χ3n) is 2.74. The van der Waals surface area contributed by atoms with Crippen LogP contribution < -0.4 is 10.0 Å². The summed E-state index contributed by atoms with van der Waals surface area (Å²) in [5.41, 5.74) is 0.